The molecular weight excluding hydrogens is 250 g/mol. The Morgan fingerprint density at radius 2 is 2.27 bits per heavy atom. The van der Waals surface area contributed by atoms with Crippen LogP contribution < -0.4 is 5.32 Å². The van der Waals surface area contributed by atoms with Crippen molar-refractivity contribution in [3.63, 3.8) is 0 Å². The fraction of sp³-hybridized carbons (Fsp3) is 0.111. The summed E-state index contributed by atoms with van der Waals surface area (Å²) >= 11 is 8.61. The van der Waals surface area contributed by atoms with Crippen LogP contribution in [0.2, 0.25) is 4.34 Å². The molecule has 0 bridgehead atoms. The molecule has 2 aromatic rings. The van der Waals surface area contributed by atoms with Crippen LogP contribution in [0.15, 0.2) is 12.1 Å². The Bertz CT molecular complexity index is 524. The molecular formula is C9H6ClN3S2. The molecule has 0 unspecified atom stereocenters. The second kappa shape index (κ2) is 4.19. The van der Waals surface area contributed by atoms with Crippen LogP contribution in [0, 0.1) is 11.3 Å². The summed E-state index contributed by atoms with van der Waals surface area (Å²) in [5, 5.41) is 12.6. The first-order chi connectivity index (χ1) is 7.24. The molecule has 0 saturated heterocycles. The molecule has 76 valence electrons. The van der Waals surface area contributed by atoms with E-state index in [1.807, 2.05) is 6.07 Å². The molecule has 2 aromatic heterocycles. The first-order valence-electron chi connectivity index (χ1n) is 4.09. The van der Waals surface area contributed by atoms with Crippen LogP contribution in [0.1, 0.15) is 4.88 Å². The van der Waals surface area contributed by atoms with E-state index in [9.17, 15) is 0 Å². The highest BCUT2D eigenvalue weighted by Gasteiger charge is 2.13. The number of thiophene rings is 1. The molecule has 0 saturated carbocycles. The van der Waals surface area contributed by atoms with Crippen LogP contribution in [-0.2, 0) is 0 Å². The van der Waals surface area contributed by atoms with E-state index in [1.165, 1.54) is 22.7 Å². The molecule has 2 rings (SSSR count). The van der Waals surface area contributed by atoms with E-state index < -0.39 is 0 Å². The molecule has 0 fully saturated rings. The maximum atomic E-state index is 8.96. The molecule has 0 amide bonds. The molecule has 0 aliphatic carbocycles. The number of nitrogens with one attached hydrogen (secondary N) is 1. The van der Waals surface area contributed by atoms with Gasteiger partial charge in [-0.3, -0.25) is 0 Å². The SMILES string of the molecule is CNc1nc(-c2ccc(Cl)s2)c(C#N)s1. The number of aromatic nitrogens is 1. The van der Waals surface area contributed by atoms with E-state index >= 15 is 0 Å². The Hall–Kier alpha value is -1.09. The average molecular weight is 256 g/mol. The number of rotatable bonds is 2. The minimum absolute atomic E-state index is 0.609. The zero-order valence-electron chi connectivity index (χ0n) is 7.74. The van der Waals surface area contributed by atoms with Gasteiger partial charge in [0.25, 0.3) is 0 Å². The van der Waals surface area contributed by atoms with E-state index in [-0.39, 0.29) is 0 Å². The van der Waals surface area contributed by atoms with Gasteiger partial charge in [-0.25, -0.2) is 4.98 Å². The molecule has 0 aliphatic heterocycles. The quantitative estimate of drug-likeness (QED) is 0.894. The largest absolute Gasteiger partial charge is 0.365 e. The Labute approximate surface area is 100.0 Å². The molecule has 6 heteroatoms. The molecule has 15 heavy (non-hydrogen) atoms. The van der Waals surface area contributed by atoms with Gasteiger partial charge in [0.1, 0.15) is 16.6 Å². The molecule has 3 nitrogen and oxygen atoms in total. The minimum atomic E-state index is 0.609. The van der Waals surface area contributed by atoms with E-state index in [2.05, 4.69) is 16.4 Å². The summed E-state index contributed by atoms with van der Waals surface area (Å²) in [5.41, 5.74) is 0.712. The van der Waals surface area contributed by atoms with Gasteiger partial charge >= 0.3 is 0 Å². The Morgan fingerprint density at radius 1 is 1.47 bits per heavy atom. The second-order valence-electron chi connectivity index (χ2n) is 2.66. The number of nitrogens with zero attached hydrogens (tertiary/aromatic N) is 2. The number of anilines is 1. The lowest BCUT2D eigenvalue weighted by molar-refractivity contribution is 1.37. The fourth-order valence-corrected chi connectivity index (χ4v) is 2.95. The van der Waals surface area contributed by atoms with Gasteiger partial charge in [-0.05, 0) is 12.1 Å². The van der Waals surface area contributed by atoms with Crippen LogP contribution in [0.5, 0.6) is 0 Å². The highest BCUT2D eigenvalue weighted by atomic mass is 35.5. The lowest BCUT2D eigenvalue weighted by Crippen LogP contribution is -1.85. The van der Waals surface area contributed by atoms with Gasteiger partial charge in [0.05, 0.1) is 9.21 Å². The molecule has 0 aliphatic rings. The Balaban J connectivity index is 2.52. The van der Waals surface area contributed by atoms with Gasteiger partial charge in [-0.15, -0.1) is 11.3 Å². The summed E-state index contributed by atoms with van der Waals surface area (Å²) < 4.78 is 0.702. The lowest BCUT2D eigenvalue weighted by Gasteiger charge is -1.89. The highest BCUT2D eigenvalue weighted by molar-refractivity contribution is 7.20. The summed E-state index contributed by atoms with van der Waals surface area (Å²) in [6.07, 6.45) is 0. The van der Waals surface area contributed by atoms with Gasteiger partial charge in [0.2, 0.25) is 0 Å². The third-order valence-electron chi connectivity index (χ3n) is 1.75. The monoisotopic (exact) mass is 255 g/mol. The van der Waals surface area contributed by atoms with Crippen molar-refractivity contribution < 1.29 is 0 Å². The van der Waals surface area contributed by atoms with Crippen molar-refractivity contribution in [3.8, 4) is 16.6 Å². The normalized spacial score (nSPS) is 9.93. The zero-order chi connectivity index (χ0) is 10.8. The van der Waals surface area contributed by atoms with Crippen molar-refractivity contribution in [1.29, 1.82) is 5.26 Å². The van der Waals surface area contributed by atoms with Crippen LogP contribution in [0.3, 0.4) is 0 Å². The van der Waals surface area contributed by atoms with E-state index in [0.29, 0.717) is 14.9 Å². The first-order valence-corrected chi connectivity index (χ1v) is 6.10. The van der Waals surface area contributed by atoms with Crippen LogP contribution >= 0.6 is 34.3 Å². The third-order valence-corrected chi connectivity index (χ3v) is 3.96. The molecule has 2 heterocycles. The van der Waals surface area contributed by atoms with Gasteiger partial charge in [-0.2, -0.15) is 5.26 Å². The predicted molar refractivity (Wildman–Crippen MR) is 64.7 cm³/mol. The predicted octanol–water partition coefficient (Wildman–Crippen LogP) is 3.44. The van der Waals surface area contributed by atoms with Crippen LogP contribution in [0.25, 0.3) is 10.6 Å². The van der Waals surface area contributed by atoms with E-state index in [0.717, 1.165) is 10.0 Å². The number of nitriles is 1. The van der Waals surface area contributed by atoms with Crippen LogP contribution in [0.4, 0.5) is 5.13 Å². The van der Waals surface area contributed by atoms with Gasteiger partial charge in [0, 0.05) is 7.05 Å². The van der Waals surface area contributed by atoms with Crippen molar-refractivity contribution in [2.75, 3.05) is 12.4 Å². The Kier molecular flexibility index (Phi) is 2.91. The maximum absolute atomic E-state index is 8.96. The van der Waals surface area contributed by atoms with Crippen LogP contribution in [-0.4, -0.2) is 12.0 Å². The number of hydrogen-bond donors (Lipinski definition) is 1. The van der Waals surface area contributed by atoms with Crippen molar-refractivity contribution >= 4 is 39.4 Å². The topological polar surface area (TPSA) is 48.7 Å². The minimum Gasteiger partial charge on any atom is -0.365 e. The van der Waals surface area contributed by atoms with E-state index in [1.54, 1.807) is 13.1 Å². The third kappa shape index (κ3) is 1.97. The lowest BCUT2D eigenvalue weighted by atomic mass is 10.3. The van der Waals surface area contributed by atoms with Crippen molar-refractivity contribution in [1.82, 2.24) is 4.98 Å². The molecule has 0 radical (unpaired) electrons. The molecule has 0 aromatic carbocycles. The number of thiazole rings is 1. The Morgan fingerprint density at radius 3 is 2.80 bits per heavy atom. The number of hydrogen-bond acceptors (Lipinski definition) is 5. The second-order valence-corrected chi connectivity index (χ2v) is 5.38. The maximum Gasteiger partial charge on any atom is 0.184 e. The van der Waals surface area contributed by atoms with Crippen molar-refractivity contribution in [3.05, 3.63) is 21.3 Å². The summed E-state index contributed by atoms with van der Waals surface area (Å²) in [6.45, 7) is 0. The zero-order valence-corrected chi connectivity index (χ0v) is 10.1. The van der Waals surface area contributed by atoms with Gasteiger partial charge in [-0.1, -0.05) is 22.9 Å². The fourth-order valence-electron chi connectivity index (χ4n) is 1.11. The van der Waals surface area contributed by atoms with E-state index in [4.69, 9.17) is 16.9 Å². The smallest absolute Gasteiger partial charge is 0.184 e. The van der Waals surface area contributed by atoms with Crippen molar-refractivity contribution in [2.24, 2.45) is 0 Å². The summed E-state index contributed by atoms with van der Waals surface area (Å²) in [4.78, 5) is 5.85. The first kappa shape index (κ1) is 10.4. The summed E-state index contributed by atoms with van der Waals surface area (Å²) in [6, 6.07) is 5.82. The summed E-state index contributed by atoms with van der Waals surface area (Å²) in [7, 11) is 1.78. The standard InChI is InChI=1S/C9H6ClN3S2/c1-12-9-13-8(6(4-11)15-9)5-2-3-7(10)14-5/h2-3H,1H3,(H,12,13). The number of halogens is 1. The molecule has 1 N–H and O–H groups in total. The molecule has 0 atom stereocenters. The average Bonchev–Trinajstić information content (AvgIpc) is 2.82. The van der Waals surface area contributed by atoms with Gasteiger partial charge in [0.15, 0.2) is 5.13 Å². The molecule has 0 spiro atoms. The van der Waals surface area contributed by atoms with Gasteiger partial charge < -0.3 is 5.32 Å². The van der Waals surface area contributed by atoms with Crippen molar-refractivity contribution in [2.45, 2.75) is 0 Å². The summed E-state index contributed by atoms with van der Waals surface area (Å²) in [5.74, 6) is 0. The highest BCUT2D eigenvalue weighted by Crippen LogP contribution is 2.35.